The average molecular weight is 522 g/mol. The quantitative estimate of drug-likeness (QED) is 0.165. The number of nitrogens with one attached hydrogen (secondary N) is 1. The third-order valence-electron chi connectivity index (χ3n) is 5.76. The molecule has 2 aromatic heterocycles. The number of benzene rings is 1. The normalized spacial score (nSPS) is 12.8. The molecule has 3 aromatic rings. The summed E-state index contributed by atoms with van der Waals surface area (Å²) in [5.41, 5.74) is 2.01. The summed E-state index contributed by atoms with van der Waals surface area (Å²) in [6, 6.07) is 9.69. The van der Waals surface area contributed by atoms with Crippen LogP contribution in [0.4, 0.5) is 0 Å². The molecule has 0 aliphatic carbocycles. The minimum Gasteiger partial charge on any atom is -0.474 e. The Balaban J connectivity index is 1.84. The van der Waals surface area contributed by atoms with Gasteiger partial charge in [0.2, 0.25) is 17.5 Å². The fraction of sp³-hybridized carbons (Fsp3) is 0.467. The van der Waals surface area contributed by atoms with Gasteiger partial charge in [0, 0.05) is 29.7 Å². The molecule has 0 saturated carbocycles. The number of aromatic nitrogens is 2. The van der Waals surface area contributed by atoms with E-state index in [2.05, 4.69) is 15.3 Å². The molecule has 3 rings (SSSR count). The molecule has 0 aliphatic rings. The van der Waals surface area contributed by atoms with Crippen molar-refractivity contribution in [3.05, 3.63) is 47.8 Å². The maximum absolute atomic E-state index is 12.6. The monoisotopic (exact) mass is 521 g/mol. The molecule has 0 spiro atoms. The second-order valence-electron chi connectivity index (χ2n) is 10.4. The Kier molecular flexibility index (Phi) is 10.0. The Morgan fingerprint density at radius 3 is 2.55 bits per heavy atom. The second kappa shape index (κ2) is 13.2. The number of carbonyl (C=O) groups excluding carboxylic acids is 2. The largest absolute Gasteiger partial charge is 0.474 e. The van der Waals surface area contributed by atoms with Crippen molar-refractivity contribution in [3.8, 4) is 17.2 Å². The first-order valence-electron chi connectivity index (χ1n) is 13.3. The minimum absolute atomic E-state index is 0.141. The predicted octanol–water partition coefficient (Wildman–Crippen LogP) is 6.49. The maximum Gasteiger partial charge on any atom is 0.306 e. The first-order chi connectivity index (χ1) is 18.1. The summed E-state index contributed by atoms with van der Waals surface area (Å²) in [7, 11) is 0. The molecule has 38 heavy (non-hydrogen) atoms. The zero-order valence-electron chi connectivity index (χ0n) is 23.3. The molecule has 0 aliphatic heterocycles. The lowest BCUT2D eigenvalue weighted by molar-refractivity contribution is -0.155. The van der Waals surface area contributed by atoms with Crippen molar-refractivity contribution < 1.29 is 23.5 Å². The smallest absolute Gasteiger partial charge is 0.306 e. The molecular weight excluding hydrogens is 482 g/mol. The lowest BCUT2D eigenvalue weighted by Gasteiger charge is -2.19. The summed E-state index contributed by atoms with van der Waals surface area (Å²) in [5, 5.41) is 3.53. The summed E-state index contributed by atoms with van der Waals surface area (Å²) >= 11 is 0. The van der Waals surface area contributed by atoms with Crippen LogP contribution < -0.4 is 10.1 Å². The van der Waals surface area contributed by atoms with Crippen LogP contribution in [0.15, 0.2) is 46.6 Å². The Bertz CT molecular complexity index is 1260. The molecule has 0 radical (unpaired) electrons. The highest BCUT2D eigenvalue weighted by atomic mass is 16.6. The van der Waals surface area contributed by atoms with Crippen LogP contribution >= 0.6 is 0 Å². The highest BCUT2D eigenvalue weighted by Gasteiger charge is 2.22. The van der Waals surface area contributed by atoms with Gasteiger partial charge in [-0.3, -0.25) is 9.59 Å². The first-order valence-corrected chi connectivity index (χ1v) is 13.3. The Morgan fingerprint density at radius 2 is 1.87 bits per heavy atom. The van der Waals surface area contributed by atoms with Crippen LogP contribution in [0.5, 0.6) is 5.88 Å². The van der Waals surface area contributed by atoms with Gasteiger partial charge in [-0.1, -0.05) is 37.3 Å². The number of ether oxygens (including phenoxy) is 2. The fourth-order valence-corrected chi connectivity index (χ4v) is 3.96. The molecule has 2 heterocycles. The van der Waals surface area contributed by atoms with Gasteiger partial charge in [0.1, 0.15) is 23.1 Å². The number of rotatable bonds is 12. The van der Waals surface area contributed by atoms with Crippen molar-refractivity contribution in [1.82, 2.24) is 15.3 Å². The van der Waals surface area contributed by atoms with E-state index in [4.69, 9.17) is 13.9 Å². The molecule has 8 heteroatoms. The third kappa shape index (κ3) is 8.16. The van der Waals surface area contributed by atoms with Crippen LogP contribution in [-0.2, 0) is 14.3 Å². The number of hydrogen-bond acceptors (Lipinski definition) is 7. The third-order valence-corrected chi connectivity index (χ3v) is 5.76. The summed E-state index contributed by atoms with van der Waals surface area (Å²) < 4.78 is 17.8. The van der Waals surface area contributed by atoms with Gasteiger partial charge in [-0.05, 0) is 66.4 Å². The van der Waals surface area contributed by atoms with E-state index in [1.54, 1.807) is 13.0 Å². The molecule has 0 fully saturated rings. The van der Waals surface area contributed by atoms with Gasteiger partial charge in [-0.2, -0.15) is 0 Å². The molecule has 1 aromatic carbocycles. The Morgan fingerprint density at radius 1 is 1.13 bits per heavy atom. The second-order valence-corrected chi connectivity index (χ2v) is 10.4. The van der Waals surface area contributed by atoms with Gasteiger partial charge in [-0.25, -0.2) is 9.97 Å². The molecule has 0 bridgehead atoms. The highest BCUT2D eigenvalue weighted by molar-refractivity contribution is 6.03. The summed E-state index contributed by atoms with van der Waals surface area (Å²) in [4.78, 5) is 33.4. The van der Waals surface area contributed by atoms with Gasteiger partial charge in [0.25, 0.3) is 0 Å². The van der Waals surface area contributed by atoms with Crippen LogP contribution in [0, 0.1) is 0 Å². The molecule has 204 valence electrons. The van der Waals surface area contributed by atoms with Crippen molar-refractivity contribution in [1.29, 1.82) is 0 Å². The molecule has 1 atom stereocenters. The van der Waals surface area contributed by atoms with E-state index >= 15 is 0 Å². The minimum atomic E-state index is -0.476. The number of fused-ring (bicyclic) bond motifs is 1. The number of hydrogen-bond donors (Lipinski definition) is 1. The maximum atomic E-state index is 12.6. The van der Waals surface area contributed by atoms with Crippen molar-refractivity contribution in [3.63, 3.8) is 0 Å². The number of esters is 1. The number of furan rings is 1. The summed E-state index contributed by atoms with van der Waals surface area (Å²) in [6.07, 6.45) is 6.54. The first kappa shape index (κ1) is 28.9. The standard InChI is InChI=1S/C30H39N3O5/c1-7-17-31-27(35)20(2)18-23-25-28(36-21(3)13-11-12-16-24(34)38-30(4,5)6)32-19-33-29(25)37-26(23)22-14-9-8-10-15-22/h8-10,14-15,18-19,21H,7,11-13,16-17H2,1-6H3,(H,31,35)/t21-/m1/s1. The van der Waals surface area contributed by atoms with Gasteiger partial charge >= 0.3 is 5.97 Å². The number of nitrogens with zero attached hydrogens (tertiary/aromatic N) is 2. The van der Waals surface area contributed by atoms with E-state index in [-0.39, 0.29) is 18.0 Å². The average Bonchev–Trinajstić information content (AvgIpc) is 3.23. The molecule has 8 nitrogen and oxygen atoms in total. The molecule has 1 N–H and O–H groups in total. The molecule has 0 unspecified atom stereocenters. The number of carbonyl (C=O) groups is 2. The van der Waals surface area contributed by atoms with E-state index in [9.17, 15) is 9.59 Å². The Labute approximate surface area is 224 Å². The number of unbranched alkanes of at least 4 members (excludes halogenated alkanes) is 1. The zero-order chi connectivity index (χ0) is 27.7. The lowest BCUT2D eigenvalue weighted by Crippen LogP contribution is -2.24. The zero-order valence-corrected chi connectivity index (χ0v) is 23.3. The van der Waals surface area contributed by atoms with E-state index in [1.807, 2.05) is 65.0 Å². The van der Waals surface area contributed by atoms with Crippen molar-refractivity contribution in [2.45, 2.75) is 85.4 Å². The van der Waals surface area contributed by atoms with Crippen LogP contribution in [-0.4, -0.2) is 40.1 Å². The molecule has 1 amide bonds. The van der Waals surface area contributed by atoms with E-state index in [1.165, 1.54) is 6.33 Å². The topological polar surface area (TPSA) is 104 Å². The van der Waals surface area contributed by atoms with E-state index in [0.717, 1.165) is 24.8 Å². The fourth-order valence-electron chi connectivity index (χ4n) is 3.96. The lowest BCUT2D eigenvalue weighted by atomic mass is 10.0. The van der Waals surface area contributed by atoms with Gasteiger partial charge in [-0.15, -0.1) is 0 Å². The highest BCUT2D eigenvalue weighted by Crippen LogP contribution is 2.38. The summed E-state index contributed by atoms with van der Waals surface area (Å²) in [6.45, 7) is 12.0. The predicted molar refractivity (Wildman–Crippen MR) is 149 cm³/mol. The van der Waals surface area contributed by atoms with Crippen LogP contribution in [0.25, 0.3) is 28.5 Å². The SMILES string of the molecule is CCCNC(=O)C(C)=Cc1c(-c2ccccc2)oc2ncnc(O[C@H](C)CCCCC(=O)OC(C)(C)C)c12. The molecule has 0 saturated heterocycles. The van der Waals surface area contributed by atoms with Crippen molar-refractivity contribution in [2.75, 3.05) is 6.54 Å². The van der Waals surface area contributed by atoms with Crippen LogP contribution in [0.3, 0.4) is 0 Å². The Hall–Kier alpha value is -3.68. The van der Waals surface area contributed by atoms with Gasteiger partial charge in [0.05, 0.1) is 6.10 Å². The van der Waals surface area contributed by atoms with Crippen molar-refractivity contribution in [2.24, 2.45) is 0 Å². The van der Waals surface area contributed by atoms with Gasteiger partial charge < -0.3 is 19.2 Å². The van der Waals surface area contributed by atoms with E-state index in [0.29, 0.717) is 53.3 Å². The van der Waals surface area contributed by atoms with E-state index < -0.39 is 5.60 Å². The van der Waals surface area contributed by atoms with Gasteiger partial charge in [0.15, 0.2) is 0 Å². The van der Waals surface area contributed by atoms with Crippen molar-refractivity contribution >= 4 is 29.1 Å². The molecular formula is C30H39N3O5. The number of amides is 1. The van der Waals surface area contributed by atoms with Crippen LogP contribution in [0.2, 0.25) is 0 Å². The summed E-state index contributed by atoms with van der Waals surface area (Å²) in [5.74, 6) is 0.662. The van der Waals surface area contributed by atoms with Crippen LogP contribution in [0.1, 0.15) is 79.2 Å².